The van der Waals surface area contributed by atoms with Crippen LogP contribution in [0, 0.1) is 10.8 Å². The van der Waals surface area contributed by atoms with Crippen molar-refractivity contribution in [2.75, 3.05) is 13.7 Å². The molecule has 0 saturated heterocycles. The second-order valence-corrected chi connectivity index (χ2v) is 7.90. The van der Waals surface area contributed by atoms with Crippen molar-refractivity contribution in [3.8, 4) is 0 Å². The van der Waals surface area contributed by atoms with E-state index in [-0.39, 0.29) is 24.1 Å². The first kappa shape index (κ1) is 20.6. The third-order valence-corrected chi connectivity index (χ3v) is 5.21. The Kier molecular flexibility index (Phi) is 6.98. The molecule has 0 radical (unpaired) electrons. The Hall–Kier alpha value is -1.40. The number of rotatable bonds is 7. The van der Waals surface area contributed by atoms with Crippen molar-refractivity contribution in [2.45, 2.75) is 71.4 Å². The van der Waals surface area contributed by atoms with Gasteiger partial charge in [0.15, 0.2) is 5.88 Å². The van der Waals surface area contributed by atoms with Crippen molar-refractivity contribution in [1.29, 1.82) is 5.41 Å². The van der Waals surface area contributed by atoms with Gasteiger partial charge in [-0.2, -0.15) is 0 Å². The molecule has 138 valence electrons. The molecule has 1 aliphatic carbocycles. The largest absolute Gasteiger partial charge is 0.494 e. The molecular formula is C18H33N3O3. The van der Waals surface area contributed by atoms with Crippen LogP contribution >= 0.6 is 0 Å². The first-order chi connectivity index (χ1) is 11.0. The molecule has 1 amide bonds. The number of amides is 1. The quantitative estimate of drug-likeness (QED) is 0.423. The highest BCUT2D eigenvalue weighted by molar-refractivity contribution is 5.97. The number of nitrogens with zero attached hydrogens (tertiary/aromatic N) is 1. The summed E-state index contributed by atoms with van der Waals surface area (Å²) >= 11 is 0. The van der Waals surface area contributed by atoms with Crippen molar-refractivity contribution in [3.63, 3.8) is 0 Å². The molecule has 1 fully saturated rings. The van der Waals surface area contributed by atoms with Gasteiger partial charge in [-0.05, 0) is 33.7 Å². The molecule has 6 heteroatoms. The van der Waals surface area contributed by atoms with Crippen LogP contribution < -0.4 is 5.32 Å². The van der Waals surface area contributed by atoms with E-state index in [9.17, 15) is 15.0 Å². The Balaban J connectivity index is 2.75. The lowest BCUT2D eigenvalue weighted by atomic mass is 9.88. The summed E-state index contributed by atoms with van der Waals surface area (Å²) in [6.07, 6.45) is 6.99. The highest BCUT2D eigenvalue weighted by Crippen LogP contribution is 2.27. The van der Waals surface area contributed by atoms with Crippen molar-refractivity contribution in [1.82, 2.24) is 10.2 Å². The van der Waals surface area contributed by atoms with E-state index in [1.807, 2.05) is 20.9 Å². The Morgan fingerprint density at radius 2 is 1.79 bits per heavy atom. The van der Waals surface area contributed by atoms with Crippen molar-refractivity contribution >= 4 is 11.6 Å². The van der Waals surface area contributed by atoms with E-state index < -0.39 is 11.0 Å². The standard InChI is InChI=1S/C18H33N3O3/c1-17(2,12-22)14(19)11-15(23)20-16(24)18(3,4)21(5)13-9-7-6-8-10-13/h11,13,19,22-23H,6-10,12H2,1-5H3,(H,20,24)/b15-11-,19-14?. The van der Waals surface area contributed by atoms with Crippen LogP contribution in [-0.4, -0.2) is 52.0 Å². The van der Waals surface area contributed by atoms with Crippen LogP contribution in [0.1, 0.15) is 59.8 Å². The normalized spacial score (nSPS) is 17.9. The summed E-state index contributed by atoms with van der Waals surface area (Å²) in [4.78, 5) is 14.7. The smallest absolute Gasteiger partial charge is 0.246 e. The predicted molar refractivity (Wildman–Crippen MR) is 96.2 cm³/mol. The van der Waals surface area contributed by atoms with Gasteiger partial charge < -0.3 is 15.6 Å². The fourth-order valence-electron chi connectivity index (χ4n) is 2.81. The van der Waals surface area contributed by atoms with Crippen LogP contribution in [-0.2, 0) is 4.79 Å². The number of carbonyl (C=O) groups excluding carboxylic acids is 1. The molecule has 0 aromatic heterocycles. The first-order valence-electron chi connectivity index (χ1n) is 8.67. The molecule has 24 heavy (non-hydrogen) atoms. The summed E-state index contributed by atoms with van der Waals surface area (Å²) < 4.78 is 0. The van der Waals surface area contributed by atoms with Gasteiger partial charge in [0.1, 0.15) is 0 Å². The second kappa shape index (κ2) is 8.12. The minimum absolute atomic E-state index is 0.0567. The summed E-state index contributed by atoms with van der Waals surface area (Å²) in [5, 5.41) is 29.6. The molecular weight excluding hydrogens is 306 g/mol. The topological polar surface area (TPSA) is 96.7 Å². The zero-order chi connectivity index (χ0) is 18.5. The summed E-state index contributed by atoms with van der Waals surface area (Å²) in [7, 11) is 1.95. The van der Waals surface area contributed by atoms with Crippen LogP contribution in [0.4, 0.5) is 0 Å². The Morgan fingerprint density at radius 1 is 1.25 bits per heavy atom. The average Bonchev–Trinajstić information content (AvgIpc) is 2.54. The number of aliphatic hydroxyl groups excluding tert-OH is 2. The zero-order valence-corrected chi connectivity index (χ0v) is 15.6. The minimum Gasteiger partial charge on any atom is -0.494 e. The van der Waals surface area contributed by atoms with Crippen LogP contribution in [0.25, 0.3) is 0 Å². The molecule has 1 saturated carbocycles. The molecule has 0 heterocycles. The maximum atomic E-state index is 12.6. The molecule has 0 aromatic rings. The summed E-state index contributed by atoms with van der Waals surface area (Å²) in [6, 6.07) is 0.372. The Morgan fingerprint density at radius 3 is 2.29 bits per heavy atom. The van der Waals surface area contributed by atoms with E-state index >= 15 is 0 Å². The lowest BCUT2D eigenvalue weighted by Gasteiger charge is -2.41. The van der Waals surface area contributed by atoms with Gasteiger partial charge in [0.05, 0.1) is 12.1 Å². The number of hydrogen-bond donors (Lipinski definition) is 4. The molecule has 6 nitrogen and oxygen atoms in total. The molecule has 0 bridgehead atoms. The summed E-state index contributed by atoms with van der Waals surface area (Å²) in [6.45, 7) is 6.86. The maximum absolute atomic E-state index is 12.6. The SMILES string of the molecule is CN(C1CCCCC1)C(C)(C)C(=O)N/C(O)=C/C(=N)C(C)(C)CO. The lowest BCUT2D eigenvalue weighted by molar-refractivity contribution is -0.132. The van der Waals surface area contributed by atoms with E-state index in [2.05, 4.69) is 10.2 Å². The third-order valence-electron chi connectivity index (χ3n) is 5.21. The molecule has 1 aliphatic rings. The minimum atomic E-state index is -0.771. The number of aliphatic hydroxyl groups is 2. The fourth-order valence-corrected chi connectivity index (χ4v) is 2.81. The highest BCUT2D eigenvalue weighted by Gasteiger charge is 2.37. The number of likely N-dealkylation sites (N-methyl/N-ethyl adjacent to an activating group) is 1. The average molecular weight is 339 g/mol. The Bertz CT molecular complexity index is 492. The zero-order valence-electron chi connectivity index (χ0n) is 15.6. The van der Waals surface area contributed by atoms with Gasteiger partial charge in [-0.25, -0.2) is 0 Å². The van der Waals surface area contributed by atoms with Gasteiger partial charge in [-0.3, -0.25) is 15.0 Å². The van der Waals surface area contributed by atoms with Crippen LogP contribution in [0.5, 0.6) is 0 Å². The van der Waals surface area contributed by atoms with Crippen LogP contribution in [0.3, 0.4) is 0 Å². The summed E-state index contributed by atoms with van der Waals surface area (Å²) in [5.74, 6) is -0.671. The molecule has 0 aliphatic heterocycles. The molecule has 0 aromatic carbocycles. The number of hydrogen-bond acceptors (Lipinski definition) is 5. The molecule has 0 unspecified atom stereocenters. The van der Waals surface area contributed by atoms with Crippen molar-refractivity contribution in [2.24, 2.45) is 5.41 Å². The van der Waals surface area contributed by atoms with Gasteiger partial charge in [0, 0.05) is 23.2 Å². The molecule has 0 atom stereocenters. The van der Waals surface area contributed by atoms with Gasteiger partial charge in [-0.1, -0.05) is 33.1 Å². The fraction of sp³-hybridized carbons (Fsp3) is 0.778. The lowest BCUT2D eigenvalue weighted by Crippen LogP contribution is -2.56. The monoisotopic (exact) mass is 339 g/mol. The van der Waals surface area contributed by atoms with E-state index in [4.69, 9.17) is 5.41 Å². The highest BCUT2D eigenvalue weighted by atomic mass is 16.3. The maximum Gasteiger partial charge on any atom is 0.246 e. The number of carbonyl (C=O) groups is 1. The third kappa shape index (κ3) is 5.05. The van der Waals surface area contributed by atoms with E-state index in [0.29, 0.717) is 6.04 Å². The Labute approximate surface area is 145 Å². The molecule has 4 N–H and O–H groups in total. The van der Waals surface area contributed by atoms with Gasteiger partial charge in [0.25, 0.3) is 0 Å². The van der Waals surface area contributed by atoms with E-state index in [1.54, 1.807) is 13.8 Å². The van der Waals surface area contributed by atoms with E-state index in [1.165, 1.54) is 25.3 Å². The summed E-state index contributed by atoms with van der Waals surface area (Å²) in [5.41, 5.74) is -1.48. The second-order valence-electron chi connectivity index (χ2n) is 7.90. The molecule has 0 spiro atoms. The molecule has 1 rings (SSSR count). The van der Waals surface area contributed by atoms with Gasteiger partial charge in [0.2, 0.25) is 5.91 Å². The number of allylic oxidation sites excluding steroid dienone is 1. The van der Waals surface area contributed by atoms with Crippen LogP contribution in [0.15, 0.2) is 12.0 Å². The number of nitrogens with one attached hydrogen (secondary N) is 2. The predicted octanol–water partition coefficient (Wildman–Crippen LogP) is 2.58. The van der Waals surface area contributed by atoms with Gasteiger partial charge in [-0.15, -0.1) is 0 Å². The van der Waals surface area contributed by atoms with Crippen molar-refractivity contribution in [3.05, 3.63) is 12.0 Å². The van der Waals surface area contributed by atoms with Gasteiger partial charge >= 0.3 is 0 Å². The first-order valence-corrected chi connectivity index (χ1v) is 8.67. The van der Waals surface area contributed by atoms with E-state index in [0.717, 1.165) is 12.8 Å². The van der Waals surface area contributed by atoms with Crippen LogP contribution in [0.2, 0.25) is 0 Å². The van der Waals surface area contributed by atoms with Crippen molar-refractivity contribution < 1.29 is 15.0 Å².